The fraction of sp³-hybridized carbons (Fsp3) is 0.520. The quantitative estimate of drug-likeness (QED) is 0.603. The van der Waals surface area contributed by atoms with Crippen molar-refractivity contribution in [2.24, 2.45) is 0 Å². The monoisotopic (exact) mass is 396 g/mol. The van der Waals surface area contributed by atoms with Crippen LogP contribution in [0, 0.1) is 0 Å². The third-order valence-electron chi connectivity index (χ3n) is 6.26. The largest absolute Gasteiger partial charge is 0.367 e. The summed E-state index contributed by atoms with van der Waals surface area (Å²) >= 11 is 0. The molecule has 2 aliphatic rings. The number of benzene rings is 2. The van der Waals surface area contributed by atoms with Gasteiger partial charge in [-0.15, -0.1) is 0 Å². The van der Waals surface area contributed by atoms with Crippen LogP contribution in [0.15, 0.2) is 48.5 Å². The molecular formula is C25H36N2O2+2. The Morgan fingerprint density at radius 3 is 1.66 bits per heavy atom. The number of hydrogen-bond donors (Lipinski definition) is 2. The minimum absolute atomic E-state index is 0.270. The van der Waals surface area contributed by atoms with E-state index in [4.69, 9.17) is 9.47 Å². The minimum atomic E-state index is 0.270. The van der Waals surface area contributed by atoms with Crippen LogP contribution in [-0.4, -0.2) is 39.4 Å². The van der Waals surface area contributed by atoms with Crippen LogP contribution in [0.2, 0.25) is 0 Å². The Bertz CT molecular complexity index is 700. The molecule has 0 amide bonds. The first-order valence-corrected chi connectivity index (χ1v) is 11.4. The Morgan fingerprint density at radius 1 is 0.655 bits per heavy atom. The predicted octanol–water partition coefficient (Wildman–Crippen LogP) is 1.91. The Kier molecular flexibility index (Phi) is 7.71. The van der Waals surface area contributed by atoms with Gasteiger partial charge in [-0.25, -0.2) is 0 Å². The van der Waals surface area contributed by atoms with Crippen molar-refractivity contribution in [1.29, 1.82) is 0 Å². The van der Waals surface area contributed by atoms with E-state index in [1.165, 1.54) is 54.6 Å². The molecule has 2 heterocycles. The number of rotatable bonds is 10. The molecule has 4 nitrogen and oxygen atoms in total. The van der Waals surface area contributed by atoms with Crippen LogP contribution in [-0.2, 0) is 22.3 Å². The topological polar surface area (TPSA) is 51.7 Å². The fourth-order valence-electron chi connectivity index (χ4n) is 4.64. The number of quaternary nitrogens is 2. The van der Waals surface area contributed by atoms with Gasteiger partial charge in [0, 0.05) is 0 Å². The van der Waals surface area contributed by atoms with Crippen molar-refractivity contribution >= 4 is 0 Å². The summed E-state index contributed by atoms with van der Waals surface area (Å²) in [5.74, 6) is 0. The predicted molar refractivity (Wildman–Crippen MR) is 115 cm³/mol. The Labute approximate surface area is 175 Å². The summed E-state index contributed by atoms with van der Waals surface area (Å²) in [6, 6.07) is 17.5. The molecule has 2 atom stereocenters. The average Bonchev–Trinajstić information content (AvgIpc) is 2.78. The van der Waals surface area contributed by atoms with Crippen molar-refractivity contribution in [2.75, 3.05) is 39.4 Å². The first-order chi connectivity index (χ1) is 14.4. The second-order valence-electron chi connectivity index (χ2n) is 8.30. The first-order valence-electron chi connectivity index (χ1n) is 11.4. The van der Waals surface area contributed by atoms with Gasteiger partial charge < -0.3 is 20.1 Å². The summed E-state index contributed by atoms with van der Waals surface area (Å²) in [5, 5.41) is 4.87. The molecule has 0 radical (unpaired) electrons. The summed E-state index contributed by atoms with van der Waals surface area (Å²) in [6.07, 6.45) is 6.52. The van der Waals surface area contributed by atoms with Crippen LogP contribution in [0.1, 0.15) is 53.7 Å². The van der Waals surface area contributed by atoms with Crippen LogP contribution in [0.3, 0.4) is 0 Å². The summed E-state index contributed by atoms with van der Waals surface area (Å²) in [4.78, 5) is 0. The van der Waals surface area contributed by atoms with E-state index in [2.05, 4.69) is 59.2 Å². The highest BCUT2D eigenvalue weighted by Gasteiger charge is 2.22. The third kappa shape index (κ3) is 5.67. The average molecular weight is 397 g/mol. The lowest BCUT2D eigenvalue weighted by atomic mass is 9.97. The molecule has 0 saturated heterocycles. The number of unbranched alkanes of at least 4 members (excludes halogenated alkanes) is 2. The minimum Gasteiger partial charge on any atom is -0.367 e. The molecule has 2 aromatic carbocycles. The Hall–Kier alpha value is -1.72. The molecule has 2 aromatic rings. The van der Waals surface area contributed by atoms with Gasteiger partial charge in [-0.2, -0.15) is 0 Å². The molecule has 156 valence electrons. The number of hydrogen-bond acceptors (Lipinski definition) is 2. The van der Waals surface area contributed by atoms with Gasteiger partial charge in [0.15, 0.2) is 0 Å². The zero-order chi connectivity index (χ0) is 19.7. The molecule has 0 bridgehead atoms. The standard InChI is InChI=1S/C25H34N2O2/c1(6-14-26-18-24-22-10-4-2-8-20(22)12-16-28-24)7-15-27-19-25-23-11-5-3-9-21(23)13-17-29-25/h2-5,8-11,24-27H,1,6-7,12-19H2/p+2/t24-,25-/m1/s1. The lowest BCUT2D eigenvalue weighted by Gasteiger charge is -2.25. The molecule has 0 aliphatic carbocycles. The maximum Gasteiger partial charge on any atom is 0.131 e. The third-order valence-corrected chi connectivity index (χ3v) is 6.26. The molecule has 0 aromatic heterocycles. The van der Waals surface area contributed by atoms with Gasteiger partial charge in [-0.05, 0) is 54.4 Å². The maximum absolute atomic E-state index is 6.00. The van der Waals surface area contributed by atoms with Crippen LogP contribution < -0.4 is 10.6 Å². The molecule has 4 heteroatoms. The molecule has 29 heavy (non-hydrogen) atoms. The molecule has 4 N–H and O–H groups in total. The number of fused-ring (bicyclic) bond motifs is 2. The van der Waals surface area contributed by atoms with Crippen molar-refractivity contribution < 1.29 is 20.1 Å². The zero-order valence-corrected chi connectivity index (χ0v) is 17.5. The van der Waals surface area contributed by atoms with Crippen molar-refractivity contribution in [2.45, 2.75) is 44.3 Å². The molecule has 0 fully saturated rings. The van der Waals surface area contributed by atoms with E-state index in [1.54, 1.807) is 0 Å². The van der Waals surface area contributed by atoms with Gasteiger partial charge in [0.25, 0.3) is 0 Å². The van der Waals surface area contributed by atoms with Gasteiger partial charge >= 0.3 is 0 Å². The SMILES string of the molecule is c1ccc2c(c1)CCO[C@@H]2C[NH2+]CCCCC[NH2+]C[C@H]1OCCc2ccccc21. The lowest BCUT2D eigenvalue weighted by molar-refractivity contribution is -0.666. The van der Waals surface area contributed by atoms with Crippen LogP contribution >= 0.6 is 0 Å². The van der Waals surface area contributed by atoms with Crippen molar-refractivity contribution in [1.82, 2.24) is 0 Å². The normalized spacial score (nSPS) is 20.8. The second-order valence-corrected chi connectivity index (χ2v) is 8.30. The van der Waals surface area contributed by atoms with E-state index in [9.17, 15) is 0 Å². The molecule has 4 rings (SSSR count). The van der Waals surface area contributed by atoms with E-state index < -0.39 is 0 Å². The second kappa shape index (κ2) is 10.9. The van der Waals surface area contributed by atoms with E-state index in [1.807, 2.05) is 0 Å². The highest BCUT2D eigenvalue weighted by Crippen LogP contribution is 2.26. The van der Waals surface area contributed by atoms with Gasteiger partial charge in [0.1, 0.15) is 25.3 Å². The van der Waals surface area contributed by atoms with E-state index in [0.717, 1.165) is 39.1 Å². The maximum atomic E-state index is 6.00. The summed E-state index contributed by atoms with van der Waals surface area (Å²) in [7, 11) is 0. The van der Waals surface area contributed by atoms with Crippen molar-refractivity contribution in [3.63, 3.8) is 0 Å². The summed E-state index contributed by atoms with van der Waals surface area (Å²) < 4.78 is 12.0. The van der Waals surface area contributed by atoms with E-state index >= 15 is 0 Å². The molecule has 0 unspecified atom stereocenters. The lowest BCUT2D eigenvalue weighted by Crippen LogP contribution is -2.86. The number of ether oxygens (including phenoxy) is 2. The Balaban J connectivity index is 1.06. The molecule has 0 saturated carbocycles. The molecular weight excluding hydrogens is 360 g/mol. The number of nitrogens with two attached hydrogens (primary N) is 2. The summed E-state index contributed by atoms with van der Waals surface area (Å²) in [6.45, 7) is 6.20. The van der Waals surface area contributed by atoms with Gasteiger partial charge in [0.05, 0.1) is 26.3 Å². The van der Waals surface area contributed by atoms with E-state index in [-0.39, 0.29) is 12.2 Å². The van der Waals surface area contributed by atoms with Crippen molar-refractivity contribution in [3.8, 4) is 0 Å². The highest BCUT2D eigenvalue weighted by atomic mass is 16.5. The van der Waals surface area contributed by atoms with Crippen LogP contribution in [0.4, 0.5) is 0 Å². The van der Waals surface area contributed by atoms with E-state index in [0.29, 0.717) is 0 Å². The van der Waals surface area contributed by atoms with Gasteiger partial charge in [0.2, 0.25) is 0 Å². The Morgan fingerprint density at radius 2 is 1.14 bits per heavy atom. The van der Waals surface area contributed by atoms with Crippen LogP contribution in [0.25, 0.3) is 0 Å². The van der Waals surface area contributed by atoms with Gasteiger partial charge in [-0.3, -0.25) is 0 Å². The first kappa shape index (κ1) is 20.5. The van der Waals surface area contributed by atoms with Crippen molar-refractivity contribution in [3.05, 3.63) is 70.8 Å². The zero-order valence-electron chi connectivity index (χ0n) is 17.5. The molecule has 0 spiro atoms. The summed E-state index contributed by atoms with van der Waals surface area (Å²) in [5.41, 5.74) is 5.74. The van der Waals surface area contributed by atoms with Gasteiger partial charge in [-0.1, -0.05) is 48.5 Å². The molecule has 2 aliphatic heterocycles. The smallest absolute Gasteiger partial charge is 0.131 e. The van der Waals surface area contributed by atoms with Crippen LogP contribution in [0.5, 0.6) is 0 Å². The highest BCUT2D eigenvalue weighted by molar-refractivity contribution is 5.31. The fourth-order valence-corrected chi connectivity index (χ4v) is 4.64.